The van der Waals surface area contributed by atoms with E-state index in [1.54, 1.807) is 13.8 Å². The number of primary amides is 1. The van der Waals surface area contributed by atoms with Gasteiger partial charge in [0.05, 0.1) is 31.2 Å². The van der Waals surface area contributed by atoms with E-state index in [9.17, 15) is 63.3 Å². The van der Waals surface area contributed by atoms with Crippen molar-refractivity contribution in [3.05, 3.63) is 11.3 Å². The van der Waals surface area contributed by atoms with Gasteiger partial charge in [-0.05, 0) is 45.1 Å². The summed E-state index contributed by atoms with van der Waals surface area (Å²) in [7, 11) is 1.13. The first-order chi connectivity index (χ1) is 29.9. The zero-order valence-corrected chi connectivity index (χ0v) is 36.6. The number of carboxylic acid groups (broad SMARTS) is 2. The first kappa shape index (κ1) is 54.7. The van der Waals surface area contributed by atoms with Crippen molar-refractivity contribution >= 4 is 71.0 Å². The van der Waals surface area contributed by atoms with Crippen LogP contribution in [0.4, 0.5) is 0 Å². The van der Waals surface area contributed by atoms with E-state index in [0.717, 1.165) is 23.8 Å². The predicted molar refractivity (Wildman–Crippen MR) is 222 cm³/mol. The number of methoxy groups -OCH3 is 1. The smallest absolute Gasteiger partial charge is 0.352 e. The molecule has 9 atom stereocenters. The molecule has 0 aromatic carbocycles. The van der Waals surface area contributed by atoms with Crippen molar-refractivity contribution < 1.29 is 77.8 Å². The zero-order valence-electron chi connectivity index (χ0n) is 35.8. The summed E-state index contributed by atoms with van der Waals surface area (Å²) in [5.74, 6) is -10.8. The van der Waals surface area contributed by atoms with Gasteiger partial charge in [0.25, 0.3) is 11.6 Å². The number of hydrogen-bond acceptors (Lipinski definition) is 18. The highest BCUT2D eigenvalue weighted by Gasteiger charge is 2.66. The van der Waals surface area contributed by atoms with Crippen molar-refractivity contribution in [2.75, 3.05) is 32.6 Å². The third-order valence-corrected chi connectivity index (χ3v) is 11.4. The lowest BCUT2D eigenvalue weighted by molar-refractivity contribution is -0.192. The SMILES string of the molecule is CO[C@@]1(NC(=O)CCC[C@H](N)C(=O)O)C(=O)N2C(C(=O)O)=C(COC(=O)CC(O)C(CC(N)=O)NC(=O)C(NC(=O)C(CCCN)NC(=O)C(CO)NC(=O)C(C)N)C(C)C)CSC21. The molecule has 0 aromatic rings. The Kier molecular flexibility index (Phi) is 21.5. The van der Waals surface area contributed by atoms with Crippen molar-refractivity contribution in [2.45, 2.75) is 119 Å². The second-order valence-corrected chi connectivity index (χ2v) is 16.5. The molecule has 360 valence electrons. The van der Waals surface area contributed by atoms with E-state index in [2.05, 4.69) is 26.6 Å². The van der Waals surface area contributed by atoms with Crippen LogP contribution in [0.1, 0.15) is 65.7 Å². The molecular weight excluding hydrogens is 873 g/mol. The number of nitrogens with one attached hydrogen (secondary N) is 5. The molecule has 27 heteroatoms. The number of hydrogen-bond donors (Lipinski definition) is 13. The summed E-state index contributed by atoms with van der Waals surface area (Å²) in [5, 5.41) is 50.7. The Labute approximate surface area is 371 Å². The molecule has 26 nitrogen and oxygen atoms in total. The maximum atomic E-state index is 13.6. The van der Waals surface area contributed by atoms with Crippen LogP contribution in [0.15, 0.2) is 11.3 Å². The fraction of sp³-hybridized carbons (Fsp3) is 0.676. The number of nitrogens with zero attached hydrogens (tertiary/aromatic N) is 1. The van der Waals surface area contributed by atoms with Gasteiger partial charge in [-0.25, -0.2) is 4.79 Å². The summed E-state index contributed by atoms with van der Waals surface area (Å²) in [4.78, 5) is 127. The molecule has 0 bridgehead atoms. The standard InChI is InChI=1S/C37H60N10O16S/c1-16(2)27(45-30(54)20(8-6-10-38)42-31(55)22(13-48)44-29(53)17(3)39)32(56)43-21(11-24(41)50)23(49)12-26(52)63-14-18-15-64-36-37(62-4,35(61)47(36)28(18)34(59)60)46-25(51)9-5-7-19(40)33(57)58/h16-17,19-23,27,36,48-49H,5-15,38-40H2,1-4H3,(H2,41,50)(H,42,55)(H,43,56)(H,44,53)(H,45,54)(H,46,51)(H,57,58)(H,59,60)/t17?,19-,20?,21?,22?,23?,27?,36?,37-/m0/s1. The van der Waals surface area contributed by atoms with Gasteiger partial charge in [-0.15, -0.1) is 11.8 Å². The molecule has 2 rings (SSSR count). The number of aliphatic hydroxyl groups is 2. The molecule has 0 spiro atoms. The van der Waals surface area contributed by atoms with Crippen LogP contribution in [-0.2, 0) is 57.4 Å². The topological polar surface area (TPSA) is 438 Å². The van der Waals surface area contributed by atoms with Crippen LogP contribution >= 0.6 is 11.8 Å². The zero-order chi connectivity index (χ0) is 48.6. The van der Waals surface area contributed by atoms with E-state index < -0.39 is 150 Å². The number of amides is 7. The number of rotatable bonds is 28. The van der Waals surface area contributed by atoms with Crippen LogP contribution in [0.5, 0.6) is 0 Å². The molecule has 17 N–H and O–H groups in total. The van der Waals surface area contributed by atoms with Gasteiger partial charge in [-0.2, -0.15) is 0 Å². The summed E-state index contributed by atoms with van der Waals surface area (Å²) in [5.41, 5.74) is 19.4. The van der Waals surface area contributed by atoms with Gasteiger partial charge in [-0.1, -0.05) is 13.8 Å². The maximum Gasteiger partial charge on any atom is 0.352 e. The summed E-state index contributed by atoms with van der Waals surface area (Å²) in [6.07, 6.45) is -3.35. The highest BCUT2D eigenvalue weighted by atomic mass is 32.2. The van der Waals surface area contributed by atoms with E-state index in [0.29, 0.717) is 0 Å². The Morgan fingerprint density at radius 3 is 2.05 bits per heavy atom. The average Bonchev–Trinajstić information content (AvgIpc) is 3.22. The van der Waals surface area contributed by atoms with Crippen LogP contribution < -0.4 is 49.5 Å². The molecule has 2 aliphatic heterocycles. The fourth-order valence-electron chi connectivity index (χ4n) is 6.39. The van der Waals surface area contributed by atoms with Crippen LogP contribution in [0, 0.1) is 5.92 Å². The summed E-state index contributed by atoms with van der Waals surface area (Å²) >= 11 is 0.980. The van der Waals surface area contributed by atoms with Crippen molar-refractivity contribution in [1.82, 2.24) is 31.5 Å². The van der Waals surface area contributed by atoms with Crippen molar-refractivity contribution in [3.8, 4) is 0 Å². The predicted octanol–water partition coefficient (Wildman–Crippen LogP) is -5.88. The van der Waals surface area contributed by atoms with E-state index >= 15 is 0 Å². The van der Waals surface area contributed by atoms with Gasteiger partial charge in [0.15, 0.2) is 0 Å². The minimum Gasteiger partial charge on any atom is -0.480 e. The maximum absolute atomic E-state index is 13.6. The molecule has 0 radical (unpaired) electrons. The Bertz CT molecular complexity index is 1800. The van der Waals surface area contributed by atoms with Crippen molar-refractivity contribution in [1.29, 1.82) is 0 Å². The third-order valence-electron chi connectivity index (χ3n) is 10.00. The Balaban J connectivity index is 2.15. The molecule has 1 fully saturated rings. The largest absolute Gasteiger partial charge is 0.480 e. The third kappa shape index (κ3) is 14.8. The van der Waals surface area contributed by atoms with E-state index in [1.165, 1.54) is 6.92 Å². The average molecular weight is 933 g/mol. The monoisotopic (exact) mass is 932 g/mol. The highest BCUT2D eigenvalue weighted by Crippen LogP contribution is 2.46. The number of aliphatic hydroxyl groups excluding tert-OH is 2. The summed E-state index contributed by atoms with van der Waals surface area (Å²) in [6.45, 7) is 3.05. The molecule has 0 saturated carbocycles. The lowest BCUT2D eigenvalue weighted by Crippen LogP contribution is -2.80. The van der Waals surface area contributed by atoms with Crippen molar-refractivity contribution in [2.24, 2.45) is 28.9 Å². The number of carboxylic acids is 2. The lowest BCUT2D eigenvalue weighted by atomic mass is 9.97. The number of thioether (sulfide) groups is 1. The summed E-state index contributed by atoms with van der Waals surface area (Å²) < 4.78 is 10.6. The normalized spacial score (nSPS) is 20.2. The van der Waals surface area contributed by atoms with E-state index in [-0.39, 0.29) is 50.0 Å². The first-order valence-electron chi connectivity index (χ1n) is 20.1. The van der Waals surface area contributed by atoms with Gasteiger partial charge >= 0.3 is 17.9 Å². The number of ether oxygens (including phenoxy) is 2. The van der Waals surface area contributed by atoms with Gasteiger partial charge in [0.1, 0.15) is 41.8 Å². The number of β-lactam (4-membered cyclic amide) rings is 1. The molecule has 0 aliphatic carbocycles. The molecular formula is C37H60N10O16S. The minimum atomic E-state index is -1.96. The number of nitrogens with two attached hydrogens (primary N) is 4. The Morgan fingerprint density at radius 2 is 1.52 bits per heavy atom. The first-order valence-corrected chi connectivity index (χ1v) is 21.2. The van der Waals surface area contributed by atoms with Gasteiger partial charge < -0.3 is 79.4 Å². The quantitative estimate of drug-likeness (QED) is 0.0197. The van der Waals surface area contributed by atoms with Crippen LogP contribution in [-0.4, -0.2) is 171 Å². The van der Waals surface area contributed by atoms with Crippen LogP contribution in [0.25, 0.3) is 0 Å². The molecule has 7 amide bonds. The number of carbonyl (C=O) groups excluding carboxylic acids is 8. The van der Waals surface area contributed by atoms with Gasteiger partial charge in [-0.3, -0.25) is 48.1 Å². The minimum absolute atomic E-state index is 0.0231. The van der Waals surface area contributed by atoms with E-state index in [1.807, 2.05) is 0 Å². The lowest BCUT2D eigenvalue weighted by Gasteiger charge is -2.55. The second-order valence-electron chi connectivity index (χ2n) is 15.4. The Hall–Kier alpha value is -5.45. The van der Waals surface area contributed by atoms with Gasteiger partial charge in [0.2, 0.25) is 35.4 Å². The number of carbonyl (C=O) groups is 10. The molecule has 0 aromatic heterocycles. The fourth-order valence-corrected chi connectivity index (χ4v) is 7.81. The molecule has 1 saturated heterocycles. The molecule has 64 heavy (non-hydrogen) atoms. The van der Waals surface area contributed by atoms with Gasteiger partial charge in [0, 0.05) is 31.3 Å². The Morgan fingerprint density at radius 1 is 0.891 bits per heavy atom. The number of esters is 1. The molecule has 7 unspecified atom stereocenters. The number of fused-ring (bicyclic) bond motifs is 1. The highest BCUT2D eigenvalue weighted by molar-refractivity contribution is 8.00. The number of aliphatic carboxylic acids is 2. The van der Waals surface area contributed by atoms with Crippen LogP contribution in [0.2, 0.25) is 0 Å². The molecule has 2 heterocycles. The van der Waals surface area contributed by atoms with E-state index in [4.69, 9.17) is 37.5 Å². The van der Waals surface area contributed by atoms with Crippen LogP contribution in [0.3, 0.4) is 0 Å². The van der Waals surface area contributed by atoms with Crippen molar-refractivity contribution in [3.63, 3.8) is 0 Å². The molecule has 2 aliphatic rings. The second kappa shape index (κ2) is 25.1. The summed E-state index contributed by atoms with van der Waals surface area (Å²) in [6, 6.07) is -7.88.